The smallest absolute Gasteiger partial charge is 0.324 e. The molecule has 1 unspecified atom stereocenters. The van der Waals surface area contributed by atoms with Crippen LogP contribution in [0.5, 0.6) is 0 Å². The highest BCUT2D eigenvalue weighted by atomic mass is 35.5. The first kappa shape index (κ1) is 11.1. The lowest BCUT2D eigenvalue weighted by Gasteiger charge is -2.06. The predicted molar refractivity (Wildman–Crippen MR) is 49.3 cm³/mol. The van der Waals surface area contributed by atoms with Gasteiger partial charge < -0.3 is 4.74 Å². The first-order valence-electron chi connectivity index (χ1n) is 3.52. The minimum atomic E-state index is -0.470. The quantitative estimate of drug-likeness (QED) is 0.497. The molecule has 0 amide bonds. The van der Waals surface area contributed by atoms with Gasteiger partial charge in [0.25, 0.3) is 0 Å². The minimum absolute atomic E-state index is 0.303. The summed E-state index contributed by atoms with van der Waals surface area (Å²) in [7, 11) is 0. The van der Waals surface area contributed by atoms with Crippen molar-refractivity contribution in [2.24, 2.45) is 0 Å². The van der Waals surface area contributed by atoms with Crippen molar-refractivity contribution >= 4 is 29.3 Å². The van der Waals surface area contributed by atoms with Crippen molar-refractivity contribution in [2.45, 2.75) is 18.7 Å². The first-order valence-corrected chi connectivity index (χ1v) is 5.35. The molecule has 0 radical (unpaired) electrons. The number of alkyl halides is 1. The molecule has 0 saturated carbocycles. The molecule has 0 saturated heterocycles. The zero-order chi connectivity index (χ0) is 8.69. The van der Waals surface area contributed by atoms with Crippen molar-refractivity contribution in [3.05, 3.63) is 0 Å². The molecule has 0 aliphatic rings. The number of hydrogen-bond donors (Lipinski definition) is 0. The maximum absolute atomic E-state index is 10.9. The SMILES string of the molecule is CCOC(=O)C(Cl)CCSC. The van der Waals surface area contributed by atoms with E-state index in [0.717, 1.165) is 5.75 Å². The summed E-state index contributed by atoms with van der Waals surface area (Å²) in [5.74, 6) is 0.593. The number of halogens is 1. The van der Waals surface area contributed by atoms with Crippen LogP contribution in [-0.2, 0) is 9.53 Å². The average molecular weight is 197 g/mol. The van der Waals surface area contributed by atoms with E-state index >= 15 is 0 Å². The fraction of sp³-hybridized carbons (Fsp3) is 0.857. The Morgan fingerprint density at radius 1 is 1.73 bits per heavy atom. The van der Waals surface area contributed by atoms with E-state index in [1.807, 2.05) is 6.26 Å². The van der Waals surface area contributed by atoms with Gasteiger partial charge in [-0.25, -0.2) is 0 Å². The summed E-state index contributed by atoms with van der Waals surface area (Å²) in [6.45, 7) is 2.18. The fourth-order valence-electron chi connectivity index (χ4n) is 0.572. The Morgan fingerprint density at radius 3 is 2.82 bits per heavy atom. The van der Waals surface area contributed by atoms with E-state index in [2.05, 4.69) is 0 Å². The fourth-order valence-corrected chi connectivity index (χ4v) is 1.34. The molecule has 0 heterocycles. The van der Waals surface area contributed by atoms with Gasteiger partial charge in [-0.15, -0.1) is 11.6 Å². The standard InChI is InChI=1S/C7H13ClO2S/c1-3-10-7(9)6(8)4-5-11-2/h6H,3-5H2,1-2H3. The Labute approximate surface area is 76.6 Å². The van der Waals surface area contributed by atoms with Gasteiger partial charge in [0, 0.05) is 0 Å². The van der Waals surface area contributed by atoms with Gasteiger partial charge in [0.1, 0.15) is 5.38 Å². The van der Waals surface area contributed by atoms with Gasteiger partial charge in [0.05, 0.1) is 6.61 Å². The highest BCUT2D eigenvalue weighted by molar-refractivity contribution is 7.98. The molecule has 0 aromatic heterocycles. The van der Waals surface area contributed by atoms with Crippen LogP contribution in [0.1, 0.15) is 13.3 Å². The lowest BCUT2D eigenvalue weighted by molar-refractivity contribution is -0.142. The topological polar surface area (TPSA) is 26.3 Å². The van der Waals surface area contributed by atoms with Crippen LogP contribution in [0.4, 0.5) is 0 Å². The third-order valence-electron chi connectivity index (χ3n) is 1.12. The molecule has 11 heavy (non-hydrogen) atoms. The van der Waals surface area contributed by atoms with Crippen LogP contribution in [0.15, 0.2) is 0 Å². The summed E-state index contributed by atoms with van der Waals surface area (Å²) in [6.07, 6.45) is 2.66. The third kappa shape index (κ3) is 5.39. The minimum Gasteiger partial charge on any atom is -0.465 e. The second kappa shape index (κ2) is 6.80. The second-order valence-electron chi connectivity index (χ2n) is 2.00. The lowest BCUT2D eigenvalue weighted by atomic mass is 10.3. The van der Waals surface area contributed by atoms with Crippen molar-refractivity contribution in [3.63, 3.8) is 0 Å². The largest absolute Gasteiger partial charge is 0.465 e. The van der Waals surface area contributed by atoms with Crippen LogP contribution in [-0.4, -0.2) is 30.0 Å². The number of carbonyl (C=O) groups excluding carboxylic acids is 1. The molecule has 66 valence electrons. The van der Waals surface area contributed by atoms with Gasteiger partial charge in [0.15, 0.2) is 0 Å². The van der Waals surface area contributed by atoms with Crippen LogP contribution >= 0.6 is 23.4 Å². The summed E-state index contributed by atoms with van der Waals surface area (Å²) in [4.78, 5) is 10.9. The van der Waals surface area contributed by atoms with E-state index in [0.29, 0.717) is 13.0 Å². The molecule has 0 aliphatic carbocycles. The van der Waals surface area contributed by atoms with Crippen molar-refractivity contribution in [1.29, 1.82) is 0 Å². The summed E-state index contributed by atoms with van der Waals surface area (Å²) in [6, 6.07) is 0. The molecule has 0 N–H and O–H groups in total. The Bertz CT molecular complexity index is 119. The molecule has 0 fully saturated rings. The van der Waals surface area contributed by atoms with E-state index in [9.17, 15) is 4.79 Å². The predicted octanol–water partition coefficient (Wildman–Crippen LogP) is 1.91. The van der Waals surface area contributed by atoms with Gasteiger partial charge >= 0.3 is 5.97 Å². The maximum atomic E-state index is 10.9. The number of hydrogen-bond acceptors (Lipinski definition) is 3. The van der Waals surface area contributed by atoms with E-state index < -0.39 is 5.38 Å². The lowest BCUT2D eigenvalue weighted by Crippen LogP contribution is -2.18. The Hall–Kier alpha value is 0.110. The first-order chi connectivity index (χ1) is 5.22. The van der Waals surface area contributed by atoms with E-state index in [1.54, 1.807) is 18.7 Å². The molecule has 0 rings (SSSR count). The van der Waals surface area contributed by atoms with E-state index in [1.165, 1.54) is 0 Å². The molecule has 2 nitrogen and oxygen atoms in total. The van der Waals surface area contributed by atoms with E-state index in [4.69, 9.17) is 16.3 Å². The Kier molecular flexibility index (Phi) is 6.87. The molecule has 4 heteroatoms. The molecular formula is C7H13ClO2S. The molecule has 0 bridgehead atoms. The van der Waals surface area contributed by atoms with Crippen LogP contribution in [0.3, 0.4) is 0 Å². The second-order valence-corrected chi connectivity index (χ2v) is 3.51. The van der Waals surface area contributed by atoms with Crippen molar-refractivity contribution in [3.8, 4) is 0 Å². The number of ether oxygens (including phenoxy) is 1. The number of carbonyl (C=O) groups is 1. The van der Waals surface area contributed by atoms with Crippen LogP contribution in [0.2, 0.25) is 0 Å². The highest BCUT2D eigenvalue weighted by Crippen LogP contribution is 2.08. The van der Waals surface area contributed by atoms with Gasteiger partial charge in [-0.1, -0.05) is 0 Å². The number of thioether (sulfide) groups is 1. The van der Waals surface area contributed by atoms with Gasteiger partial charge in [0.2, 0.25) is 0 Å². The number of esters is 1. The molecule has 0 spiro atoms. The third-order valence-corrected chi connectivity index (χ3v) is 2.16. The Balaban J connectivity index is 3.46. The maximum Gasteiger partial charge on any atom is 0.324 e. The number of rotatable bonds is 5. The zero-order valence-corrected chi connectivity index (χ0v) is 8.37. The molecule has 0 aromatic rings. The Morgan fingerprint density at radius 2 is 2.36 bits per heavy atom. The van der Waals surface area contributed by atoms with Gasteiger partial charge in [-0.3, -0.25) is 4.79 Å². The molecule has 0 aromatic carbocycles. The van der Waals surface area contributed by atoms with E-state index in [-0.39, 0.29) is 5.97 Å². The van der Waals surface area contributed by atoms with Gasteiger partial charge in [-0.05, 0) is 25.4 Å². The van der Waals surface area contributed by atoms with Crippen LogP contribution in [0, 0.1) is 0 Å². The average Bonchev–Trinajstić information content (AvgIpc) is 2.00. The molecule has 1 atom stereocenters. The van der Waals surface area contributed by atoms with Crippen LogP contribution in [0.25, 0.3) is 0 Å². The van der Waals surface area contributed by atoms with Crippen molar-refractivity contribution in [1.82, 2.24) is 0 Å². The summed E-state index contributed by atoms with van der Waals surface area (Å²) >= 11 is 7.37. The monoisotopic (exact) mass is 196 g/mol. The molecule has 0 aliphatic heterocycles. The normalized spacial score (nSPS) is 12.6. The summed E-state index contributed by atoms with van der Waals surface area (Å²) < 4.78 is 4.72. The van der Waals surface area contributed by atoms with Crippen molar-refractivity contribution in [2.75, 3.05) is 18.6 Å². The zero-order valence-electron chi connectivity index (χ0n) is 6.80. The summed E-state index contributed by atoms with van der Waals surface area (Å²) in [5.41, 5.74) is 0. The van der Waals surface area contributed by atoms with Gasteiger partial charge in [-0.2, -0.15) is 11.8 Å². The highest BCUT2D eigenvalue weighted by Gasteiger charge is 2.14. The molecular weight excluding hydrogens is 184 g/mol. The summed E-state index contributed by atoms with van der Waals surface area (Å²) in [5, 5.41) is -0.470. The van der Waals surface area contributed by atoms with Crippen molar-refractivity contribution < 1.29 is 9.53 Å². The van der Waals surface area contributed by atoms with Crippen LogP contribution < -0.4 is 0 Å².